The molecule has 110 valence electrons. The molecule has 1 rings (SSSR count). The molecule has 1 fully saturated rings. The number of likely N-dealkylation sites (N-methyl/N-ethyl adjacent to an activating group) is 1. The molecule has 6 heteroatoms. The maximum Gasteiger partial charge on any atom is 0.321 e. The standard InChI is InChI=1S/C13H25N3O3/c1-10(2)14-12(18)15-11(17)8-16(3)9-13(19)6-4-5-7-13/h10,19H,4-9H2,1-3H3,(H2,14,15,17,18). The Morgan fingerprint density at radius 2 is 1.89 bits per heavy atom. The van der Waals surface area contributed by atoms with E-state index in [2.05, 4.69) is 10.6 Å². The number of carbonyl (C=O) groups excluding carboxylic acids is 2. The molecule has 1 aliphatic carbocycles. The van der Waals surface area contributed by atoms with Gasteiger partial charge in [0.25, 0.3) is 0 Å². The lowest BCUT2D eigenvalue weighted by Gasteiger charge is -2.28. The summed E-state index contributed by atoms with van der Waals surface area (Å²) in [5, 5.41) is 15.1. The molecule has 0 heterocycles. The highest BCUT2D eigenvalue weighted by Gasteiger charge is 2.32. The van der Waals surface area contributed by atoms with Crippen LogP contribution in [0.25, 0.3) is 0 Å². The van der Waals surface area contributed by atoms with Crippen molar-refractivity contribution in [1.29, 1.82) is 0 Å². The monoisotopic (exact) mass is 271 g/mol. The topological polar surface area (TPSA) is 81.7 Å². The van der Waals surface area contributed by atoms with Crippen molar-refractivity contribution in [3.63, 3.8) is 0 Å². The number of amides is 3. The number of rotatable bonds is 5. The van der Waals surface area contributed by atoms with Gasteiger partial charge in [-0.15, -0.1) is 0 Å². The largest absolute Gasteiger partial charge is 0.389 e. The van der Waals surface area contributed by atoms with Crippen LogP contribution in [0, 0.1) is 0 Å². The molecule has 1 aliphatic rings. The summed E-state index contributed by atoms with van der Waals surface area (Å²) >= 11 is 0. The highest BCUT2D eigenvalue weighted by atomic mass is 16.3. The number of hydrogen-bond donors (Lipinski definition) is 3. The van der Waals surface area contributed by atoms with Crippen molar-refractivity contribution in [2.24, 2.45) is 0 Å². The van der Waals surface area contributed by atoms with E-state index < -0.39 is 11.6 Å². The fourth-order valence-corrected chi connectivity index (χ4v) is 2.46. The van der Waals surface area contributed by atoms with E-state index in [-0.39, 0.29) is 18.5 Å². The molecule has 3 amide bonds. The van der Waals surface area contributed by atoms with Crippen LogP contribution in [0.5, 0.6) is 0 Å². The van der Waals surface area contributed by atoms with Crippen LogP contribution >= 0.6 is 0 Å². The summed E-state index contributed by atoms with van der Waals surface area (Å²) in [6.07, 6.45) is 3.64. The highest BCUT2D eigenvalue weighted by molar-refractivity contribution is 5.95. The Kier molecular flexibility index (Phi) is 5.75. The average molecular weight is 271 g/mol. The van der Waals surface area contributed by atoms with Gasteiger partial charge >= 0.3 is 6.03 Å². The first-order chi connectivity index (χ1) is 8.81. The molecule has 0 aromatic heterocycles. The van der Waals surface area contributed by atoms with Crippen LogP contribution in [0.4, 0.5) is 4.79 Å². The van der Waals surface area contributed by atoms with E-state index in [1.807, 2.05) is 13.8 Å². The normalized spacial score (nSPS) is 17.8. The van der Waals surface area contributed by atoms with Gasteiger partial charge in [-0.2, -0.15) is 0 Å². The quantitative estimate of drug-likeness (QED) is 0.678. The van der Waals surface area contributed by atoms with Gasteiger partial charge in [-0.25, -0.2) is 4.79 Å². The van der Waals surface area contributed by atoms with Gasteiger partial charge in [-0.1, -0.05) is 12.8 Å². The zero-order valence-electron chi connectivity index (χ0n) is 12.0. The van der Waals surface area contributed by atoms with Gasteiger partial charge < -0.3 is 10.4 Å². The van der Waals surface area contributed by atoms with Gasteiger partial charge in [-0.05, 0) is 33.7 Å². The maximum atomic E-state index is 11.6. The molecule has 1 saturated carbocycles. The molecule has 0 spiro atoms. The zero-order chi connectivity index (χ0) is 14.5. The Bertz CT molecular complexity index is 325. The number of urea groups is 1. The van der Waals surface area contributed by atoms with Crippen LogP contribution in [0.1, 0.15) is 39.5 Å². The van der Waals surface area contributed by atoms with E-state index in [9.17, 15) is 14.7 Å². The minimum atomic E-state index is -0.671. The van der Waals surface area contributed by atoms with Crippen molar-refractivity contribution >= 4 is 11.9 Å². The van der Waals surface area contributed by atoms with E-state index in [1.165, 1.54) is 0 Å². The lowest BCUT2D eigenvalue weighted by molar-refractivity contribution is -0.121. The number of carbonyl (C=O) groups is 2. The van der Waals surface area contributed by atoms with Gasteiger partial charge in [-0.3, -0.25) is 15.0 Å². The second kappa shape index (κ2) is 6.86. The fourth-order valence-electron chi connectivity index (χ4n) is 2.46. The van der Waals surface area contributed by atoms with Crippen molar-refractivity contribution in [1.82, 2.24) is 15.5 Å². The molecule has 0 unspecified atom stereocenters. The Hall–Kier alpha value is -1.14. The first-order valence-corrected chi connectivity index (χ1v) is 6.82. The van der Waals surface area contributed by atoms with E-state index in [0.717, 1.165) is 25.7 Å². The lowest BCUT2D eigenvalue weighted by atomic mass is 10.0. The lowest BCUT2D eigenvalue weighted by Crippen LogP contribution is -2.48. The van der Waals surface area contributed by atoms with E-state index in [1.54, 1.807) is 11.9 Å². The molecule has 6 nitrogen and oxygen atoms in total. The summed E-state index contributed by atoms with van der Waals surface area (Å²) in [4.78, 5) is 24.7. The predicted molar refractivity (Wildman–Crippen MR) is 72.7 cm³/mol. The second-order valence-electron chi connectivity index (χ2n) is 5.78. The molecule has 0 radical (unpaired) electrons. The molecule has 0 aromatic carbocycles. The Morgan fingerprint density at radius 1 is 1.32 bits per heavy atom. The van der Waals surface area contributed by atoms with Crippen LogP contribution in [-0.2, 0) is 4.79 Å². The number of aliphatic hydroxyl groups is 1. The summed E-state index contributed by atoms with van der Waals surface area (Å²) in [6.45, 7) is 4.22. The molecule has 3 N–H and O–H groups in total. The SMILES string of the molecule is CC(C)NC(=O)NC(=O)CN(C)CC1(O)CCCC1. The fraction of sp³-hybridized carbons (Fsp3) is 0.846. The third-order valence-corrected chi connectivity index (χ3v) is 3.18. The molecule has 19 heavy (non-hydrogen) atoms. The Balaban J connectivity index is 2.29. The van der Waals surface area contributed by atoms with Crippen LogP contribution < -0.4 is 10.6 Å². The van der Waals surface area contributed by atoms with Crippen molar-refractivity contribution in [3.8, 4) is 0 Å². The minimum Gasteiger partial charge on any atom is -0.389 e. The number of nitrogens with one attached hydrogen (secondary N) is 2. The average Bonchev–Trinajstić information content (AvgIpc) is 2.61. The molecular formula is C13H25N3O3. The van der Waals surface area contributed by atoms with Gasteiger partial charge in [0.1, 0.15) is 0 Å². The Morgan fingerprint density at radius 3 is 2.42 bits per heavy atom. The van der Waals surface area contributed by atoms with Crippen LogP contribution in [0.15, 0.2) is 0 Å². The summed E-state index contributed by atoms with van der Waals surface area (Å²) in [5.41, 5.74) is -0.671. The van der Waals surface area contributed by atoms with Crippen molar-refractivity contribution < 1.29 is 14.7 Å². The second-order valence-corrected chi connectivity index (χ2v) is 5.78. The van der Waals surface area contributed by atoms with E-state index in [0.29, 0.717) is 6.54 Å². The molecule has 0 atom stereocenters. The molecular weight excluding hydrogens is 246 g/mol. The summed E-state index contributed by atoms with van der Waals surface area (Å²) in [5.74, 6) is -0.359. The van der Waals surface area contributed by atoms with Crippen LogP contribution in [0.2, 0.25) is 0 Å². The maximum absolute atomic E-state index is 11.6. The Labute approximate surface area is 114 Å². The number of nitrogens with zero attached hydrogens (tertiary/aromatic N) is 1. The van der Waals surface area contributed by atoms with Gasteiger partial charge in [0.2, 0.25) is 5.91 Å². The van der Waals surface area contributed by atoms with Crippen LogP contribution in [0.3, 0.4) is 0 Å². The van der Waals surface area contributed by atoms with Crippen LogP contribution in [-0.4, -0.2) is 53.7 Å². The summed E-state index contributed by atoms with van der Waals surface area (Å²) in [6, 6.07) is -0.488. The molecule has 0 saturated heterocycles. The van der Waals surface area contributed by atoms with E-state index >= 15 is 0 Å². The third kappa shape index (κ3) is 6.02. The smallest absolute Gasteiger partial charge is 0.321 e. The first kappa shape index (κ1) is 15.9. The molecule has 0 aromatic rings. The minimum absolute atomic E-state index is 0.00951. The summed E-state index contributed by atoms with van der Waals surface area (Å²) < 4.78 is 0. The number of hydrogen-bond acceptors (Lipinski definition) is 4. The third-order valence-electron chi connectivity index (χ3n) is 3.18. The number of imide groups is 1. The predicted octanol–water partition coefficient (Wildman–Crippen LogP) is 0.458. The van der Waals surface area contributed by atoms with Crippen molar-refractivity contribution in [2.45, 2.75) is 51.2 Å². The van der Waals surface area contributed by atoms with Gasteiger partial charge in [0.05, 0.1) is 12.1 Å². The van der Waals surface area contributed by atoms with Gasteiger partial charge in [0, 0.05) is 12.6 Å². The molecule has 0 bridgehead atoms. The van der Waals surface area contributed by atoms with Crippen molar-refractivity contribution in [2.75, 3.05) is 20.1 Å². The zero-order valence-corrected chi connectivity index (χ0v) is 12.0. The first-order valence-electron chi connectivity index (χ1n) is 6.82. The summed E-state index contributed by atoms with van der Waals surface area (Å²) in [7, 11) is 1.77. The van der Waals surface area contributed by atoms with Gasteiger partial charge in [0.15, 0.2) is 0 Å². The highest BCUT2D eigenvalue weighted by Crippen LogP contribution is 2.29. The van der Waals surface area contributed by atoms with E-state index in [4.69, 9.17) is 0 Å². The molecule has 0 aliphatic heterocycles. The van der Waals surface area contributed by atoms with Crippen molar-refractivity contribution in [3.05, 3.63) is 0 Å².